The maximum Gasteiger partial charge on any atom is 0.317 e. The minimum atomic E-state index is -1.30. The minimum absolute atomic E-state index is 0.000761. The van der Waals surface area contributed by atoms with Crippen molar-refractivity contribution in [2.24, 2.45) is 5.73 Å². The van der Waals surface area contributed by atoms with Crippen LogP contribution in [0.1, 0.15) is 36.8 Å². The molecule has 4 rings (SSSR count). The number of ether oxygens (including phenoxy) is 2. The highest BCUT2D eigenvalue weighted by Crippen LogP contribution is 2.19. The first kappa shape index (κ1) is 73.4. The van der Waals surface area contributed by atoms with Gasteiger partial charge in [0.25, 0.3) is 0 Å². The molecule has 4 atom stereocenters. The number of likely N-dealkylation sites (N-methyl/N-ethyl adjacent to an activating group) is 1. The third kappa shape index (κ3) is 29.7. The number of rotatable bonds is 39. The molecule has 0 aromatic heterocycles. The number of carboxylic acid groups (broad SMARTS) is 3. The Bertz CT molecular complexity index is 2890. The van der Waals surface area contributed by atoms with E-state index in [1.807, 2.05) is 42.5 Å². The van der Waals surface area contributed by atoms with Crippen molar-refractivity contribution in [2.45, 2.75) is 62.7 Å². The first-order valence-corrected chi connectivity index (χ1v) is 29.3. The van der Waals surface area contributed by atoms with Crippen LogP contribution < -0.4 is 58.9 Å². The standard InChI is InChI=1S/C58H85N15O17/c1-71-46(9-5-16-63-48(76)32-66-50(78)37-90-27-26-89-25-20-64-47(75)31-61-18-21-72(35-52(81)82)23-24-73(36-53(83)84)22-19-62-34-51(79)80)56(87)69-43(8-4-17-65-58(59)60)55(86)70-44(30-39-10-13-40-6-2-3-7-41(40)28-39)54(85)67-33-49(77)68-45(57(71)88)29-38-11-14-42(74)15-12-38/h2-3,6-7,10-15,28,43-46,61-62,74H,4-5,8-9,16-27,29-37H2,1H3,(H,63,76)(H,64,75)(H,66,78)(H,67,85)(H,68,77)(H,69,87)(H,70,86)(H,79,80)(H,81,82)(H,83,84)(H4,59,60,65)/t43-,44-,45+,46+/m0/s1. The van der Waals surface area contributed by atoms with Gasteiger partial charge in [0.05, 0.1) is 59.1 Å². The predicted molar refractivity (Wildman–Crippen MR) is 325 cm³/mol. The van der Waals surface area contributed by atoms with Crippen LogP contribution in [0.5, 0.6) is 5.75 Å². The van der Waals surface area contributed by atoms with Crippen LogP contribution in [0.15, 0.2) is 66.7 Å². The number of hydrogen-bond donors (Lipinski definition) is 16. The molecule has 494 valence electrons. The number of nitrogens with one attached hydrogen (secondary N) is 11. The number of phenolic OH excluding ortho intramolecular Hbond substituents is 1. The van der Waals surface area contributed by atoms with E-state index < -0.39 is 103 Å². The number of fused-ring (bicyclic) bond motifs is 1. The van der Waals surface area contributed by atoms with E-state index in [4.69, 9.17) is 25.7 Å². The van der Waals surface area contributed by atoms with Crippen molar-refractivity contribution >= 4 is 81.9 Å². The highest BCUT2D eigenvalue weighted by Gasteiger charge is 2.36. The Labute approximate surface area is 519 Å². The van der Waals surface area contributed by atoms with Gasteiger partial charge in [-0.3, -0.25) is 67.9 Å². The summed E-state index contributed by atoms with van der Waals surface area (Å²) in [6, 6.07) is 13.9. The molecule has 0 radical (unpaired) electrons. The second-order valence-corrected chi connectivity index (χ2v) is 21.0. The second kappa shape index (κ2) is 40.5. The van der Waals surface area contributed by atoms with E-state index in [0.29, 0.717) is 11.1 Å². The molecule has 1 fully saturated rings. The van der Waals surface area contributed by atoms with E-state index in [0.717, 1.165) is 15.7 Å². The number of guanidine groups is 1. The van der Waals surface area contributed by atoms with Gasteiger partial charge in [-0.25, -0.2) is 0 Å². The van der Waals surface area contributed by atoms with Crippen molar-refractivity contribution in [2.75, 3.05) is 132 Å². The summed E-state index contributed by atoms with van der Waals surface area (Å²) >= 11 is 0. The van der Waals surface area contributed by atoms with Crippen molar-refractivity contribution < 1.29 is 82.6 Å². The lowest BCUT2D eigenvalue weighted by atomic mass is 10.00. The average molecular weight is 1260 g/mol. The summed E-state index contributed by atoms with van der Waals surface area (Å²) in [7, 11) is 1.36. The summed E-state index contributed by atoms with van der Waals surface area (Å²) in [5, 5.41) is 73.5. The summed E-state index contributed by atoms with van der Waals surface area (Å²) in [5.74, 6) is -8.86. The topological polar surface area (TPSA) is 467 Å². The molecule has 3 aromatic rings. The third-order valence-electron chi connectivity index (χ3n) is 13.9. The highest BCUT2D eigenvalue weighted by molar-refractivity contribution is 5.97. The van der Waals surface area contributed by atoms with Gasteiger partial charge in [-0.05, 0) is 59.7 Å². The number of aromatic hydroxyl groups is 1. The number of nitrogens with zero attached hydrogens (tertiary/aromatic N) is 3. The first-order valence-electron chi connectivity index (χ1n) is 29.3. The molecule has 3 aromatic carbocycles. The van der Waals surface area contributed by atoms with Crippen LogP contribution in [0.25, 0.3) is 10.8 Å². The van der Waals surface area contributed by atoms with E-state index in [2.05, 4.69) is 53.2 Å². The van der Waals surface area contributed by atoms with Gasteiger partial charge >= 0.3 is 17.9 Å². The number of nitrogens with two attached hydrogens (primary N) is 1. The van der Waals surface area contributed by atoms with Gasteiger partial charge in [0.2, 0.25) is 47.3 Å². The van der Waals surface area contributed by atoms with Crippen molar-refractivity contribution in [3.05, 3.63) is 77.9 Å². The average Bonchev–Trinajstić information content (AvgIpc) is 1.23. The van der Waals surface area contributed by atoms with Gasteiger partial charge in [-0.1, -0.05) is 54.6 Å². The molecular formula is C58H85N15O17. The summed E-state index contributed by atoms with van der Waals surface area (Å²) in [6.07, 6.45) is 0.123. The van der Waals surface area contributed by atoms with Crippen LogP contribution in [0.4, 0.5) is 0 Å². The van der Waals surface area contributed by atoms with Crippen LogP contribution in [-0.2, 0) is 75.1 Å². The predicted octanol–water partition coefficient (Wildman–Crippen LogP) is -4.80. The highest BCUT2D eigenvalue weighted by atomic mass is 16.5. The van der Waals surface area contributed by atoms with Gasteiger partial charge in [0.1, 0.15) is 36.5 Å². The molecule has 1 aliphatic rings. The van der Waals surface area contributed by atoms with Crippen molar-refractivity contribution in [3.8, 4) is 5.75 Å². The van der Waals surface area contributed by atoms with Crippen LogP contribution in [0.3, 0.4) is 0 Å². The number of amides is 8. The maximum atomic E-state index is 14.5. The maximum absolute atomic E-state index is 14.5. The molecule has 0 aliphatic carbocycles. The zero-order chi connectivity index (χ0) is 65.8. The van der Waals surface area contributed by atoms with Crippen LogP contribution in [0, 0.1) is 5.41 Å². The molecule has 90 heavy (non-hydrogen) atoms. The molecule has 0 saturated carbocycles. The van der Waals surface area contributed by atoms with E-state index in [1.54, 1.807) is 21.9 Å². The fourth-order valence-electron chi connectivity index (χ4n) is 9.26. The normalized spacial score (nSPS) is 16.7. The SMILES string of the molecule is CN1C(=O)[C@@H](Cc2ccc(O)cc2)NC(=O)CNC(=O)[C@H](Cc2ccc3ccccc3c2)NC(=O)[C@H](CCCNC(=N)N)NC(=O)[C@H]1CCCNC(=O)CNC(=O)COCCOCCNC(=O)CNCCN(CCN(CCNCC(=O)O)CC(=O)O)CC(=O)O. The monoisotopic (exact) mass is 1260 g/mol. The number of carboxylic acids is 3. The molecule has 1 aliphatic heterocycles. The lowest BCUT2D eigenvalue weighted by Gasteiger charge is -2.32. The molecular weight excluding hydrogens is 1180 g/mol. The molecule has 0 unspecified atom stereocenters. The Hall–Kier alpha value is -9.08. The lowest BCUT2D eigenvalue weighted by Crippen LogP contribution is -2.58. The van der Waals surface area contributed by atoms with Gasteiger partial charge in [0.15, 0.2) is 5.96 Å². The molecule has 32 heteroatoms. The quantitative estimate of drug-likeness (QED) is 0.0145. The molecule has 8 amide bonds. The largest absolute Gasteiger partial charge is 0.508 e. The van der Waals surface area contributed by atoms with Gasteiger partial charge < -0.3 is 93.7 Å². The van der Waals surface area contributed by atoms with E-state index in [1.165, 1.54) is 19.2 Å². The Morgan fingerprint density at radius 2 is 1.19 bits per heavy atom. The van der Waals surface area contributed by atoms with Crippen molar-refractivity contribution in [3.63, 3.8) is 0 Å². The summed E-state index contributed by atoms with van der Waals surface area (Å²) < 4.78 is 10.8. The molecule has 17 N–H and O–H groups in total. The fourth-order valence-corrected chi connectivity index (χ4v) is 9.26. The number of carbonyl (C=O) groups is 11. The fraction of sp³-hybridized carbons (Fsp3) is 0.517. The Morgan fingerprint density at radius 3 is 1.86 bits per heavy atom. The first-order chi connectivity index (χ1) is 43.1. The summed E-state index contributed by atoms with van der Waals surface area (Å²) in [5.41, 5.74) is 6.71. The summed E-state index contributed by atoms with van der Waals surface area (Å²) in [6.45, 7) is -0.709. The van der Waals surface area contributed by atoms with Gasteiger partial charge in [-0.2, -0.15) is 0 Å². The zero-order valence-corrected chi connectivity index (χ0v) is 50.4. The number of benzene rings is 3. The molecule has 1 heterocycles. The molecule has 1 saturated heterocycles. The van der Waals surface area contributed by atoms with Gasteiger partial charge in [-0.15, -0.1) is 0 Å². The zero-order valence-electron chi connectivity index (χ0n) is 50.4. The van der Waals surface area contributed by atoms with Crippen molar-refractivity contribution in [1.29, 1.82) is 5.41 Å². The lowest BCUT2D eigenvalue weighted by molar-refractivity contribution is -0.142. The van der Waals surface area contributed by atoms with Gasteiger partial charge in [0, 0.05) is 78.8 Å². The van der Waals surface area contributed by atoms with E-state index >= 15 is 0 Å². The smallest absolute Gasteiger partial charge is 0.317 e. The number of carbonyl (C=O) groups excluding carboxylic acids is 8. The second-order valence-electron chi connectivity index (χ2n) is 21.0. The molecule has 0 spiro atoms. The Balaban J connectivity index is 1.26. The summed E-state index contributed by atoms with van der Waals surface area (Å²) in [4.78, 5) is 146. The van der Waals surface area contributed by atoms with Crippen LogP contribution in [-0.4, -0.2) is 262 Å². The minimum Gasteiger partial charge on any atom is -0.508 e. The number of aliphatic carboxylic acids is 3. The Kier molecular flexibility index (Phi) is 33.0. The molecule has 32 nitrogen and oxygen atoms in total. The Morgan fingerprint density at radius 1 is 0.600 bits per heavy atom. The van der Waals surface area contributed by atoms with E-state index in [9.17, 15) is 68.1 Å². The number of hydrogen-bond acceptors (Lipinski definition) is 19. The number of phenols is 1. The third-order valence-corrected chi connectivity index (χ3v) is 13.9. The van der Waals surface area contributed by atoms with Crippen LogP contribution >= 0.6 is 0 Å². The van der Waals surface area contributed by atoms with Crippen LogP contribution in [0.2, 0.25) is 0 Å². The van der Waals surface area contributed by atoms with Crippen molar-refractivity contribution in [1.82, 2.24) is 67.9 Å². The molecule has 0 bridgehead atoms. The van der Waals surface area contributed by atoms with E-state index in [-0.39, 0.29) is 161 Å².